The Morgan fingerprint density at radius 3 is 2.82 bits per heavy atom. The Labute approximate surface area is 106 Å². The van der Waals surface area contributed by atoms with Crippen LogP contribution in [0.5, 0.6) is 0 Å². The first-order chi connectivity index (χ1) is 7.99. The zero-order valence-corrected chi connectivity index (χ0v) is 10.7. The van der Waals surface area contributed by atoms with Gasteiger partial charge in [-0.2, -0.15) is 0 Å². The fourth-order valence-electron chi connectivity index (χ4n) is 1.25. The fraction of sp³-hybridized carbons (Fsp3) is 0.333. The molecular weight excluding hydrogens is 236 g/mol. The monoisotopic (exact) mass is 252 g/mol. The van der Waals surface area contributed by atoms with Crippen LogP contribution < -0.4 is 10.6 Å². The summed E-state index contributed by atoms with van der Waals surface area (Å²) in [6.07, 6.45) is -0.510. The lowest BCUT2D eigenvalue weighted by Crippen LogP contribution is -2.41. The third-order valence-corrected chi connectivity index (χ3v) is 2.31. The molecule has 1 unspecified atom stereocenters. The van der Waals surface area contributed by atoms with Crippen molar-refractivity contribution in [3.63, 3.8) is 0 Å². The molecule has 0 radical (unpaired) electrons. The van der Waals surface area contributed by atoms with Crippen molar-refractivity contribution in [2.75, 3.05) is 6.54 Å². The van der Waals surface area contributed by atoms with Gasteiger partial charge in [0.25, 0.3) is 5.91 Å². The van der Waals surface area contributed by atoms with E-state index in [9.17, 15) is 4.79 Å². The number of hydrogen-bond donors (Lipinski definition) is 3. The molecule has 1 atom stereocenters. The molecule has 3 N–H and O–H groups in total. The Bertz CT molecular complexity index is 419. The van der Waals surface area contributed by atoms with Gasteiger partial charge in [-0.25, -0.2) is 0 Å². The third kappa shape index (κ3) is 4.93. The molecule has 92 valence electrons. The van der Waals surface area contributed by atoms with Crippen molar-refractivity contribution in [3.05, 3.63) is 35.4 Å². The summed E-state index contributed by atoms with van der Waals surface area (Å²) in [6.45, 7) is 3.87. The van der Waals surface area contributed by atoms with Gasteiger partial charge in [0, 0.05) is 12.1 Å². The molecule has 0 fully saturated rings. The van der Waals surface area contributed by atoms with E-state index >= 15 is 0 Å². The number of nitrogens with one attached hydrogen (secondary N) is 2. The van der Waals surface area contributed by atoms with Gasteiger partial charge in [0.05, 0.1) is 6.10 Å². The van der Waals surface area contributed by atoms with Gasteiger partial charge in [-0.3, -0.25) is 10.1 Å². The highest BCUT2D eigenvalue weighted by atomic mass is 32.1. The van der Waals surface area contributed by atoms with Crippen LogP contribution in [0.1, 0.15) is 22.8 Å². The SMILES string of the molecule is Cc1cccc(C(=O)NC(=S)NCC(C)O)c1. The Kier molecular flexibility index (Phi) is 5.06. The number of rotatable bonds is 3. The van der Waals surface area contributed by atoms with E-state index in [4.69, 9.17) is 17.3 Å². The molecule has 17 heavy (non-hydrogen) atoms. The second kappa shape index (κ2) is 6.32. The molecular formula is C12H16N2O2S. The van der Waals surface area contributed by atoms with E-state index in [0.29, 0.717) is 12.1 Å². The first kappa shape index (κ1) is 13.6. The molecule has 1 rings (SSSR count). The number of carbonyl (C=O) groups excluding carboxylic acids is 1. The van der Waals surface area contributed by atoms with Gasteiger partial charge in [0.1, 0.15) is 0 Å². The van der Waals surface area contributed by atoms with Crippen LogP contribution >= 0.6 is 12.2 Å². The maximum absolute atomic E-state index is 11.8. The summed E-state index contributed by atoms with van der Waals surface area (Å²) in [5.74, 6) is -0.253. The molecule has 1 aromatic carbocycles. The second-order valence-electron chi connectivity index (χ2n) is 3.88. The maximum Gasteiger partial charge on any atom is 0.257 e. The summed E-state index contributed by atoms with van der Waals surface area (Å²) in [5.41, 5.74) is 1.58. The number of carbonyl (C=O) groups is 1. The number of aliphatic hydroxyl groups is 1. The van der Waals surface area contributed by atoms with Crippen LogP contribution in [0.2, 0.25) is 0 Å². The summed E-state index contributed by atoms with van der Waals surface area (Å²) in [4.78, 5) is 11.8. The predicted octanol–water partition coefficient (Wildman–Crippen LogP) is 0.980. The zero-order chi connectivity index (χ0) is 12.8. The van der Waals surface area contributed by atoms with Crippen LogP contribution in [-0.4, -0.2) is 28.8 Å². The first-order valence-corrected chi connectivity index (χ1v) is 5.74. The van der Waals surface area contributed by atoms with E-state index in [1.807, 2.05) is 19.1 Å². The lowest BCUT2D eigenvalue weighted by Gasteiger charge is -2.10. The predicted molar refractivity (Wildman–Crippen MR) is 70.9 cm³/mol. The van der Waals surface area contributed by atoms with Crippen molar-refractivity contribution in [2.24, 2.45) is 0 Å². The Morgan fingerprint density at radius 1 is 1.53 bits per heavy atom. The summed E-state index contributed by atoms with van der Waals surface area (Å²) >= 11 is 4.93. The molecule has 0 saturated carbocycles. The molecule has 0 heterocycles. The molecule has 0 aromatic heterocycles. The minimum absolute atomic E-state index is 0.220. The molecule has 0 spiro atoms. The number of thiocarbonyl (C=S) groups is 1. The maximum atomic E-state index is 11.8. The Balaban J connectivity index is 2.52. The lowest BCUT2D eigenvalue weighted by molar-refractivity contribution is 0.0976. The van der Waals surface area contributed by atoms with E-state index in [1.165, 1.54) is 0 Å². The number of aryl methyl sites for hydroxylation is 1. The van der Waals surface area contributed by atoms with Crippen LogP contribution in [0.4, 0.5) is 0 Å². The molecule has 0 aliphatic rings. The zero-order valence-electron chi connectivity index (χ0n) is 9.86. The van der Waals surface area contributed by atoms with Crippen molar-refractivity contribution < 1.29 is 9.90 Å². The van der Waals surface area contributed by atoms with Crippen LogP contribution in [0.3, 0.4) is 0 Å². The molecule has 1 amide bonds. The smallest absolute Gasteiger partial charge is 0.257 e. The standard InChI is InChI=1S/C12H16N2O2S/c1-8-4-3-5-10(6-8)11(16)14-12(17)13-7-9(2)15/h3-6,9,15H,7H2,1-2H3,(H2,13,14,16,17). The third-order valence-electron chi connectivity index (χ3n) is 2.07. The quantitative estimate of drug-likeness (QED) is 0.702. The average Bonchev–Trinajstić information content (AvgIpc) is 2.26. The van der Waals surface area contributed by atoms with Gasteiger partial charge >= 0.3 is 0 Å². The van der Waals surface area contributed by atoms with E-state index < -0.39 is 6.10 Å². The molecule has 0 aliphatic carbocycles. The molecule has 4 nitrogen and oxygen atoms in total. The summed E-state index contributed by atoms with van der Waals surface area (Å²) in [5, 5.41) is 14.6. The lowest BCUT2D eigenvalue weighted by atomic mass is 10.1. The van der Waals surface area contributed by atoms with E-state index in [-0.39, 0.29) is 11.0 Å². The summed E-state index contributed by atoms with van der Waals surface area (Å²) in [7, 11) is 0. The Morgan fingerprint density at radius 2 is 2.24 bits per heavy atom. The molecule has 0 saturated heterocycles. The van der Waals surface area contributed by atoms with E-state index in [0.717, 1.165) is 5.56 Å². The number of hydrogen-bond acceptors (Lipinski definition) is 3. The van der Waals surface area contributed by atoms with E-state index in [1.54, 1.807) is 19.1 Å². The van der Waals surface area contributed by atoms with Gasteiger partial charge < -0.3 is 10.4 Å². The molecule has 0 bridgehead atoms. The molecule has 1 aromatic rings. The Hall–Kier alpha value is -1.46. The van der Waals surface area contributed by atoms with E-state index in [2.05, 4.69) is 10.6 Å². The van der Waals surface area contributed by atoms with Gasteiger partial charge in [0.15, 0.2) is 5.11 Å². The minimum Gasteiger partial charge on any atom is -0.392 e. The van der Waals surface area contributed by atoms with Crippen molar-refractivity contribution in [1.82, 2.24) is 10.6 Å². The van der Waals surface area contributed by atoms with Crippen molar-refractivity contribution >= 4 is 23.2 Å². The summed E-state index contributed by atoms with van der Waals surface area (Å²) < 4.78 is 0. The van der Waals surface area contributed by atoms with Crippen LogP contribution in [0.15, 0.2) is 24.3 Å². The highest BCUT2D eigenvalue weighted by Crippen LogP contribution is 2.03. The van der Waals surface area contributed by atoms with Gasteiger partial charge in [-0.15, -0.1) is 0 Å². The van der Waals surface area contributed by atoms with Gasteiger partial charge in [-0.1, -0.05) is 17.7 Å². The number of amides is 1. The van der Waals surface area contributed by atoms with Crippen LogP contribution in [-0.2, 0) is 0 Å². The first-order valence-electron chi connectivity index (χ1n) is 5.33. The number of benzene rings is 1. The topological polar surface area (TPSA) is 61.4 Å². The van der Waals surface area contributed by atoms with Crippen molar-refractivity contribution in [1.29, 1.82) is 0 Å². The second-order valence-corrected chi connectivity index (χ2v) is 4.29. The van der Waals surface area contributed by atoms with Crippen LogP contribution in [0, 0.1) is 6.92 Å². The van der Waals surface area contributed by atoms with Crippen molar-refractivity contribution in [3.8, 4) is 0 Å². The highest BCUT2D eigenvalue weighted by molar-refractivity contribution is 7.80. The average molecular weight is 252 g/mol. The summed E-state index contributed by atoms with van der Waals surface area (Å²) in [6, 6.07) is 7.24. The largest absolute Gasteiger partial charge is 0.392 e. The van der Waals surface area contributed by atoms with Crippen molar-refractivity contribution in [2.45, 2.75) is 20.0 Å². The number of aliphatic hydroxyl groups excluding tert-OH is 1. The molecule has 0 aliphatic heterocycles. The van der Waals surface area contributed by atoms with Gasteiger partial charge in [0.2, 0.25) is 0 Å². The highest BCUT2D eigenvalue weighted by Gasteiger charge is 2.07. The molecule has 5 heteroatoms. The minimum atomic E-state index is -0.510. The van der Waals surface area contributed by atoms with Crippen LogP contribution in [0.25, 0.3) is 0 Å². The normalized spacial score (nSPS) is 11.7. The van der Waals surface area contributed by atoms with Gasteiger partial charge in [-0.05, 0) is 38.2 Å². The fourth-order valence-corrected chi connectivity index (χ4v) is 1.42.